The molecule has 0 spiro atoms. The first-order valence-corrected chi connectivity index (χ1v) is 10.6. The Morgan fingerprint density at radius 3 is 2.70 bits per heavy atom. The molecule has 2 aliphatic rings. The Hall–Kier alpha value is -3.27. The molecule has 4 aromatic rings. The summed E-state index contributed by atoms with van der Waals surface area (Å²) in [4.78, 5) is 6.54. The van der Waals surface area contributed by atoms with E-state index in [2.05, 4.69) is 45.7 Å². The quantitative estimate of drug-likeness (QED) is 0.241. The number of fused-ring (bicyclic) bond motifs is 3. The van der Waals surface area contributed by atoms with E-state index in [0.29, 0.717) is 5.56 Å². The van der Waals surface area contributed by atoms with Crippen molar-refractivity contribution in [2.75, 3.05) is 6.54 Å². The second-order valence-corrected chi connectivity index (χ2v) is 7.63. The molecule has 3 nitrogen and oxygen atoms in total. The zero-order chi connectivity index (χ0) is 21.8. The molecule has 0 amide bonds. The first-order valence-electron chi connectivity index (χ1n) is 10.6. The largest absolute Gasteiger partial charge is 3.00 e. The molecule has 0 fully saturated rings. The van der Waals surface area contributed by atoms with Crippen LogP contribution in [0.3, 0.4) is 0 Å². The van der Waals surface area contributed by atoms with E-state index >= 15 is 0 Å². The summed E-state index contributed by atoms with van der Waals surface area (Å²) in [5.74, 6) is -0.371. The van der Waals surface area contributed by atoms with E-state index in [4.69, 9.17) is 0 Å². The number of pyridine rings is 1. The maximum Gasteiger partial charge on any atom is 3.00 e. The first kappa shape index (κ1) is 22.9. The zero-order valence-corrected chi connectivity index (χ0v) is 20.2. The van der Waals surface area contributed by atoms with Gasteiger partial charge in [0, 0.05) is 18.6 Å². The number of benzene rings is 3. The Kier molecular flexibility index (Phi) is 7.33. The molecule has 3 aromatic carbocycles. The van der Waals surface area contributed by atoms with Gasteiger partial charge < -0.3 is 15.2 Å². The van der Waals surface area contributed by atoms with Crippen molar-refractivity contribution in [1.29, 1.82) is 0 Å². The smallest absolute Gasteiger partial charge is 0.668 e. The van der Waals surface area contributed by atoms with Gasteiger partial charge in [-0.25, -0.2) is 4.39 Å². The summed E-state index contributed by atoms with van der Waals surface area (Å²) in [5.41, 5.74) is 6.21. The van der Waals surface area contributed by atoms with Crippen LogP contribution in [0.1, 0.15) is 17.3 Å². The minimum atomic E-state index is -0.371. The molecule has 6 rings (SSSR count). The standard InChI is InChI=1S/C17H11FN.C11H10N2.Ir/c18-16-8-4-7-15(11-16)17-12-14(9-10-19-17)13-5-2-1-3-6-13;1-2-4-10-9(3-1)5-7-13-8-6-12-11(10)13;/h1-10,12H;1-3,6,8,11H,5,7H2;/q-1;-2;+3. The fraction of sp³-hybridized carbons (Fsp3) is 0.107. The van der Waals surface area contributed by atoms with Crippen LogP contribution in [0.5, 0.6) is 0 Å². The molecular formula is C28H21FIrN3. The molecule has 0 aliphatic carbocycles. The van der Waals surface area contributed by atoms with Crippen LogP contribution in [0.4, 0.5) is 4.39 Å². The number of aromatic nitrogens is 1. The topological polar surface area (TPSA) is 30.2 Å². The molecule has 33 heavy (non-hydrogen) atoms. The predicted octanol–water partition coefficient (Wildman–Crippen LogP) is 6.55. The number of halogens is 1. The third-order valence-corrected chi connectivity index (χ3v) is 5.58. The summed E-state index contributed by atoms with van der Waals surface area (Å²) in [6, 6.07) is 30.9. The molecule has 164 valence electrons. The van der Waals surface area contributed by atoms with E-state index in [1.807, 2.05) is 54.7 Å². The zero-order valence-electron chi connectivity index (χ0n) is 17.8. The molecule has 0 saturated carbocycles. The predicted molar refractivity (Wildman–Crippen MR) is 125 cm³/mol. The number of hydrogen-bond acceptors (Lipinski definition) is 2. The van der Waals surface area contributed by atoms with Crippen LogP contribution in [0.15, 0.2) is 97.5 Å². The molecule has 0 radical (unpaired) electrons. The van der Waals surface area contributed by atoms with Gasteiger partial charge in [-0.1, -0.05) is 42.8 Å². The van der Waals surface area contributed by atoms with E-state index in [9.17, 15) is 4.39 Å². The second kappa shape index (κ2) is 10.6. The summed E-state index contributed by atoms with van der Waals surface area (Å²) in [6.45, 7) is 1.08. The first-order chi connectivity index (χ1) is 15.8. The maximum atomic E-state index is 13.2. The summed E-state index contributed by atoms with van der Waals surface area (Å²) in [6.07, 6.45) is 7.01. The Morgan fingerprint density at radius 2 is 1.85 bits per heavy atom. The molecule has 0 N–H and O–H groups in total. The number of nitrogens with zero attached hydrogens (tertiary/aromatic N) is 3. The normalized spacial score (nSPS) is 15.3. The van der Waals surface area contributed by atoms with Crippen LogP contribution in [-0.2, 0) is 26.5 Å². The van der Waals surface area contributed by atoms with Crippen LogP contribution in [0.25, 0.3) is 27.7 Å². The summed E-state index contributed by atoms with van der Waals surface area (Å²) >= 11 is 0. The van der Waals surface area contributed by atoms with Gasteiger partial charge in [0.15, 0.2) is 0 Å². The Labute approximate surface area is 207 Å². The summed E-state index contributed by atoms with van der Waals surface area (Å²) in [7, 11) is 0. The molecule has 0 bridgehead atoms. The van der Waals surface area contributed by atoms with Crippen molar-refractivity contribution in [3.8, 4) is 22.4 Å². The average Bonchev–Trinajstić information content (AvgIpc) is 3.35. The van der Waals surface area contributed by atoms with E-state index < -0.39 is 0 Å². The van der Waals surface area contributed by atoms with E-state index in [1.165, 1.54) is 17.2 Å². The molecular weight excluding hydrogens is 590 g/mol. The van der Waals surface area contributed by atoms with Gasteiger partial charge in [-0.3, -0.25) is 0 Å². The van der Waals surface area contributed by atoms with Crippen LogP contribution < -0.4 is 0 Å². The summed E-state index contributed by atoms with van der Waals surface area (Å²) < 4.78 is 13.2. The van der Waals surface area contributed by atoms with Crippen molar-refractivity contribution in [1.82, 2.24) is 9.88 Å². The van der Waals surface area contributed by atoms with Crippen molar-refractivity contribution in [3.63, 3.8) is 0 Å². The maximum absolute atomic E-state index is 13.2. The molecule has 0 saturated heterocycles. The van der Waals surface area contributed by atoms with Crippen molar-refractivity contribution >= 4 is 0 Å². The van der Waals surface area contributed by atoms with Crippen LogP contribution in [-0.4, -0.2) is 16.4 Å². The fourth-order valence-electron chi connectivity index (χ4n) is 3.98. The van der Waals surface area contributed by atoms with Gasteiger partial charge in [0.05, 0.1) is 0 Å². The number of rotatable bonds is 2. The van der Waals surface area contributed by atoms with Crippen molar-refractivity contribution in [3.05, 3.63) is 132 Å². The Morgan fingerprint density at radius 1 is 0.970 bits per heavy atom. The van der Waals surface area contributed by atoms with Crippen molar-refractivity contribution in [2.24, 2.45) is 0 Å². The number of hydrogen-bond donors (Lipinski definition) is 0. The van der Waals surface area contributed by atoms with Gasteiger partial charge in [-0.05, 0) is 35.3 Å². The molecule has 5 heteroatoms. The van der Waals surface area contributed by atoms with E-state index in [0.717, 1.165) is 29.8 Å². The van der Waals surface area contributed by atoms with Crippen molar-refractivity contribution in [2.45, 2.75) is 12.6 Å². The van der Waals surface area contributed by atoms with Gasteiger partial charge in [0.2, 0.25) is 0 Å². The van der Waals surface area contributed by atoms with E-state index in [-0.39, 0.29) is 32.1 Å². The van der Waals surface area contributed by atoms with Gasteiger partial charge in [0.25, 0.3) is 0 Å². The van der Waals surface area contributed by atoms with Crippen LogP contribution in [0.2, 0.25) is 0 Å². The van der Waals surface area contributed by atoms with Crippen LogP contribution in [0, 0.1) is 17.9 Å². The minimum absolute atomic E-state index is 0. The molecule has 2 aliphatic heterocycles. The Bertz CT molecular complexity index is 1240. The minimum Gasteiger partial charge on any atom is -0.668 e. The van der Waals surface area contributed by atoms with Gasteiger partial charge in [-0.2, -0.15) is 41.6 Å². The van der Waals surface area contributed by atoms with Crippen LogP contribution >= 0.6 is 0 Å². The average molecular weight is 611 g/mol. The Balaban J connectivity index is 0.000000162. The monoisotopic (exact) mass is 611 g/mol. The molecule has 1 atom stereocenters. The van der Waals surface area contributed by atoms with Gasteiger partial charge >= 0.3 is 20.1 Å². The SMILES string of the molecule is Fc1[c-]c(-c2cc(-c3ccccc3)ccn2)ccc1.[Ir+3].[c-]1cccc2c1C1[N-]C=CN1CC2. The second-order valence-electron chi connectivity index (χ2n) is 7.63. The van der Waals surface area contributed by atoms with E-state index in [1.54, 1.807) is 18.3 Å². The molecule has 1 unspecified atom stereocenters. The third-order valence-electron chi connectivity index (χ3n) is 5.58. The summed E-state index contributed by atoms with van der Waals surface area (Å²) in [5, 5.41) is 4.41. The fourth-order valence-corrected chi connectivity index (χ4v) is 3.98. The van der Waals surface area contributed by atoms with Gasteiger partial charge in [-0.15, -0.1) is 29.8 Å². The molecule has 1 aromatic heterocycles. The molecule has 3 heterocycles. The van der Waals surface area contributed by atoms with Gasteiger partial charge in [0.1, 0.15) is 0 Å². The van der Waals surface area contributed by atoms with Crippen molar-refractivity contribution < 1.29 is 24.5 Å². The third kappa shape index (κ3) is 5.22.